The third-order valence-electron chi connectivity index (χ3n) is 2.49. The Morgan fingerprint density at radius 1 is 1.50 bits per heavy atom. The van der Waals surface area contributed by atoms with Crippen molar-refractivity contribution in [3.8, 4) is 0 Å². The van der Waals surface area contributed by atoms with Gasteiger partial charge in [0.1, 0.15) is 13.1 Å². The molecule has 1 aliphatic heterocycles. The van der Waals surface area contributed by atoms with Crippen LogP contribution in [0.4, 0.5) is 4.79 Å². The lowest BCUT2D eigenvalue weighted by atomic mass is 10.2. The maximum atomic E-state index is 11.0. The standard InChI is InChI=1S/C8H16N2O2/c1-2-5-10(8(11)12)6-3-9-4-7-10/h9H,2-7H2,1H3/p+1. The van der Waals surface area contributed by atoms with Crippen LogP contribution >= 0.6 is 0 Å². The number of quaternary nitrogens is 1. The fraction of sp³-hybridized carbons (Fsp3) is 0.875. The smallest absolute Gasteiger partial charge is 0.435 e. The highest BCUT2D eigenvalue weighted by Crippen LogP contribution is 2.10. The summed E-state index contributed by atoms with van der Waals surface area (Å²) in [7, 11) is 0. The molecular formula is C8H17N2O2+. The summed E-state index contributed by atoms with van der Waals surface area (Å²) in [6.07, 6.45) is 0.269. The second kappa shape index (κ2) is 3.87. The number of amides is 1. The van der Waals surface area contributed by atoms with Crippen molar-refractivity contribution in [3.05, 3.63) is 0 Å². The highest BCUT2D eigenvalue weighted by Gasteiger charge is 2.37. The Balaban J connectivity index is 2.63. The van der Waals surface area contributed by atoms with Gasteiger partial charge < -0.3 is 10.4 Å². The Kier molecular flexibility index (Phi) is 3.05. The molecular weight excluding hydrogens is 156 g/mol. The van der Waals surface area contributed by atoms with E-state index < -0.39 is 6.09 Å². The summed E-state index contributed by atoms with van der Waals surface area (Å²) in [5.41, 5.74) is 0. The lowest BCUT2D eigenvalue weighted by molar-refractivity contribution is -0.859. The van der Waals surface area contributed by atoms with Crippen molar-refractivity contribution in [2.24, 2.45) is 0 Å². The van der Waals surface area contributed by atoms with Gasteiger partial charge in [-0.15, -0.1) is 0 Å². The van der Waals surface area contributed by atoms with Gasteiger partial charge in [0.15, 0.2) is 0 Å². The molecule has 0 saturated carbocycles. The molecule has 0 spiro atoms. The number of carboxylic acid groups (broad SMARTS) is 1. The predicted molar refractivity (Wildman–Crippen MR) is 46.0 cm³/mol. The van der Waals surface area contributed by atoms with Gasteiger partial charge in [0.2, 0.25) is 0 Å². The zero-order valence-electron chi connectivity index (χ0n) is 7.55. The van der Waals surface area contributed by atoms with Crippen molar-refractivity contribution in [1.82, 2.24) is 5.32 Å². The molecule has 1 rings (SSSR count). The number of rotatable bonds is 2. The zero-order chi connectivity index (χ0) is 9.03. The molecule has 0 aliphatic carbocycles. The van der Waals surface area contributed by atoms with E-state index in [0.29, 0.717) is 0 Å². The summed E-state index contributed by atoms with van der Waals surface area (Å²) in [5, 5.41) is 12.2. The average molecular weight is 173 g/mol. The van der Waals surface area contributed by atoms with E-state index in [-0.39, 0.29) is 4.48 Å². The fourth-order valence-electron chi connectivity index (χ4n) is 1.76. The minimum atomic E-state index is -0.668. The normalized spacial score (nSPS) is 22.1. The Labute approximate surface area is 72.8 Å². The molecule has 0 atom stereocenters. The van der Waals surface area contributed by atoms with Gasteiger partial charge >= 0.3 is 6.09 Å². The van der Waals surface area contributed by atoms with Crippen molar-refractivity contribution in [3.63, 3.8) is 0 Å². The van der Waals surface area contributed by atoms with Gasteiger partial charge in [0.25, 0.3) is 0 Å². The first-order chi connectivity index (χ1) is 5.71. The van der Waals surface area contributed by atoms with Crippen LogP contribution in [-0.4, -0.2) is 48.4 Å². The Morgan fingerprint density at radius 2 is 2.08 bits per heavy atom. The molecule has 0 aromatic carbocycles. The molecule has 0 bridgehead atoms. The number of nitrogens with one attached hydrogen (secondary N) is 1. The van der Waals surface area contributed by atoms with E-state index in [4.69, 9.17) is 5.11 Å². The van der Waals surface area contributed by atoms with Gasteiger partial charge in [0.05, 0.1) is 6.54 Å². The van der Waals surface area contributed by atoms with Crippen LogP contribution in [0.5, 0.6) is 0 Å². The van der Waals surface area contributed by atoms with E-state index in [0.717, 1.165) is 39.1 Å². The number of hydrogen-bond acceptors (Lipinski definition) is 2. The second-order valence-electron chi connectivity index (χ2n) is 3.35. The third kappa shape index (κ3) is 1.76. The van der Waals surface area contributed by atoms with Crippen LogP contribution < -0.4 is 5.32 Å². The van der Waals surface area contributed by atoms with Crippen molar-refractivity contribution in [2.45, 2.75) is 13.3 Å². The zero-order valence-corrected chi connectivity index (χ0v) is 7.55. The lowest BCUT2D eigenvalue weighted by Crippen LogP contribution is -2.61. The first kappa shape index (κ1) is 9.48. The number of piperazine rings is 1. The van der Waals surface area contributed by atoms with Crippen LogP contribution in [0.1, 0.15) is 13.3 Å². The monoisotopic (exact) mass is 173 g/mol. The number of hydrogen-bond donors (Lipinski definition) is 2. The Hall–Kier alpha value is -0.610. The SMILES string of the molecule is CCC[N+]1(C(=O)O)CCNCC1. The minimum absolute atomic E-state index is 0.253. The van der Waals surface area contributed by atoms with Crippen LogP contribution in [0.3, 0.4) is 0 Å². The van der Waals surface area contributed by atoms with Gasteiger partial charge in [-0.3, -0.25) is 0 Å². The maximum Gasteiger partial charge on any atom is 0.513 e. The maximum absolute atomic E-state index is 11.0. The minimum Gasteiger partial charge on any atom is -0.435 e. The van der Waals surface area contributed by atoms with Crippen molar-refractivity contribution < 1.29 is 14.4 Å². The number of nitrogens with zero attached hydrogens (tertiary/aromatic N) is 1. The molecule has 1 aliphatic rings. The Bertz CT molecular complexity index is 159. The quantitative estimate of drug-likeness (QED) is 0.598. The summed E-state index contributed by atoms with van der Waals surface area (Å²) in [5.74, 6) is 0. The molecule has 4 heteroatoms. The second-order valence-corrected chi connectivity index (χ2v) is 3.35. The van der Waals surface area contributed by atoms with Gasteiger partial charge in [-0.25, -0.2) is 4.48 Å². The van der Waals surface area contributed by atoms with Crippen molar-refractivity contribution >= 4 is 6.09 Å². The predicted octanol–water partition coefficient (Wildman–Crippen LogP) is 0.494. The van der Waals surface area contributed by atoms with Crippen LogP contribution in [-0.2, 0) is 0 Å². The molecule has 0 aromatic rings. The third-order valence-corrected chi connectivity index (χ3v) is 2.49. The molecule has 0 radical (unpaired) electrons. The van der Waals surface area contributed by atoms with Gasteiger partial charge in [-0.1, -0.05) is 6.92 Å². The van der Waals surface area contributed by atoms with Crippen molar-refractivity contribution in [1.29, 1.82) is 0 Å². The molecule has 1 saturated heterocycles. The highest BCUT2D eigenvalue weighted by molar-refractivity contribution is 5.56. The van der Waals surface area contributed by atoms with E-state index in [9.17, 15) is 4.79 Å². The summed E-state index contributed by atoms with van der Waals surface area (Å²) in [6.45, 7) is 5.90. The summed E-state index contributed by atoms with van der Waals surface area (Å²) >= 11 is 0. The molecule has 4 nitrogen and oxygen atoms in total. The largest absolute Gasteiger partial charge is 0.513 e. The van der Waals surface area contributed by atoms with Gasteiger partial charge in [-0.05, 0) is 6.42 Å². The van der Waals surface area contributed by atoms with E-state index in [1.54, 1.807) is 0 Å². The van der Waals surface area contributed by atoms with E-state index >= 15 is 0 Å². The van der Waals surface area contributed by atoms with Crippen molar-refractivity contribution in [2.75, 3.05) is 32.7 Å². The highest BCUT2D eigenvalue weighted by atomic mass is 16.4. The number of carbonyl (C=O) groups is 1. The lowest BCUT2D eigenvalue weighted by Gasteiger charge is -2.35. The van der Waals surface area contributed by atoms with Gasteiger partial charge in [-0.2, -0.15) is 4.79 Å². The van der Waals surface area contributed by atoms with Crippen LogP contribution in [0.15, 0.2) is 0 Å². The molecule has 1 amide bonds. The molecule has 1 fully saturated rings. The molecule has 70 valence electrons. The summed E-state index contributed by atoms with van der Waals surface area (Å²) < 4.78 is 0.253. The first-order valence-corrected chi connectivity index (χ1v) is 4.51. The van der Waals surface area contributed by atoms with Crippen LogP contribution in [0.2, 0.25) is 0 Å². The molecule has 2 N–H and O–H groups in total. The molecule has 0 unspecified atom stereocenters. The first-order valence-electron chi connectivity index (χ1n) is 4.51. The fourth-order valence-corrected chi connectivity index (χ4v) is 1.76. The van der Waals surface area contributed by atoms with Crippen LogP contribution in [0.25, 0.3) is 0 Å². The topological polar surface area (TPSA) is 49.3 Å². The van der Waals surface area contributed by atoms with Crippen LogP contribution in [0, 0.1) is 0 Å². The molecule has 12 heavy (non-hydrogen) atoms. The summed E-state index contributed by atoms with van der Waals surface area (Å²) in [6, 6.07) is 0. The van der Waals surface area contributed by atoms with E-state index in [1.807, 2.05) is 6.92 Å². The summed E-state index contributed by atoms with van der Waals surface area (Å²) in [4.78, 5) is 11.0. The van der Waals surface area contributed by atoms with Gasteiger partial charge in [0, 0.05) is 13.1 Å². The molecule has 1 heterocycles. The van der Waals surface area contributed by atoms with E-state index in [2.05, 4.69) is 5.32 Å². The Morgan fingerprint density at radius 3 is 2.50 bits per heavy atom. The molecule has 0 aromatic heterocycles. The average Bonchev–Trinajstić information content (AvgIpc) is 2.06. The van der Waals surface area contributed by atoms with E-state index in [1.165, 1.54) is 0 Å².